The molecular weight excluding hydrogens is 208 g/mol. The molecular formula is C10H14N4O2. The number of hydrogen-bond acceptors (Lipinski definition) is 3. The van der Waals surface area contributed by atoms with Gasteiger partial charge in [0.1, 0.15) is 5.69 Å². The fraction of sp³-hybridized carbons (Fsp3) is 0.500. The van der Waals surface area contributed by atoms with Crippen LogP contribution in [0.3, 0.4) is 0 Å². The van der Waals surface area contributed by atoms with Crippen LogP contribution in [0, 0.1) is 0 Å². The third-order valence-corrected chi connectivity index (χ3v) is 2.47. The van der Waals surface area contributed by atoms with Crippen LogP contribution in [0.5, 0.6) is 0 Å². The Kier molecular flexibility index (Phi) is 2.89. The van der Waals surface area contributed by atoms with Crippen molar-refractivity contribution in [2.24, 2.45) is 7.05 Å². The van der Waals surface area contributed by atoms with Crippen molar-refractivity contribution in [3.05, 3.63) is 18.2 Å². The molecule has 0 aromatic carbocycles. The summed E-state index contributed by atoms with van der Waals surface area (Å²) in [5.41, 5.74) is 0.386. The average molecular weight is 222 g/mol. The molecule has 2 heterocycles. The number of imidazole rings is 1. The van der Waals surface area contributed by atoms with E-state index in [0.717, 1.165) is 6.42 Å². The maximum atomic E-state index is 12.0. The number of rotatable bonds is 1. The zero-order chi connectivity index (χ0) is 11.5. The quantitative estimate of drug-likeness (QED) is 0.688. The molecule has 6 nitrogen and oxygen atoms in total. The van der Waals surface area contributed by atoms with Gasteiger partial charge in [-0.15, -0.1) is 0 Å². The van der Waals surface area contributed by atoms with Crippen LogP contribution < -0.4 is 5.32 Å². The van der Waals surface area contributed by atoms with Crippen LogP contribution in [0.4, 0.5) is 0 Å². The van der Waals surface area contributed by atoms with Crippen LogP contribution >= 0.6 is 0 Å². The van der Waals surface area contributed by atoms with E-state index in [-0.39, 0.29) is 18.4 Å². The van der Waals surface area contributed by atoms with Crippen molar-refractivity contribution < 1.29 is 9.59 Å². The Bertz CT molecular complexity index is 413. The molecule has 1 aliphatic heterocycles. The predicted octanol–water partition coefficient (Wildman–Crippen LogP) is -0.618. The number of amides is 2. The SMILES string of the molecule is Cn1cnc(C(=O)N2CCCNC(=O)C2)c1. The maximum absolute atomic E-state index is 12.0. The Labute approximate surface area is 93.3 Å². The number of aryl methyl sites for hydroxylation is 1. The summed E-state index contributed by atoms with van der Waals surface area (Å²) >= 11 is 0. The maximum Gasteiger partial charge on any atom is 0.274 e. The summed E-state index contributed by atoms with van der Waals surface area (Å²) in [6.45, 7) is 1.34. The summed E-state index contributed by atoms with van der Waals surface area (Å²) in [7, 11) is 1.80. The van der Waals surface area contributed by atoms with Crippen LogP contribution in [0.2, 0.25) is 0 Å². The molecule has 0 unspecified atom stereocenters. The van der Waals surface area contributed by atoms with Gasteiger partial charge in [0.2, 0.25) is 5.91 Å². The van der Waals surface area contributed by atoms with Gasteiger partial charge in [-0.3, -0.25) is 9.59 Å². The van der Waals surface area contributed by atoms with E-state index in [9.17, 15) is 9.59 Å². The van der Waals surface area contributed by atoms with Crippen LogP contribution in [0.25, 0.3) is 0 Å². The number of carbonyl (C=O) groups excluding carboxylic acids is 2. The van der Waals surface area contributed by atoms with Crippen molar-refractivity contribution in [1.29, 1.82) is 0 Å². The minimum absolute atomic E-state index is 0.109. The highest BCUT2D eigenvalue weighted by molar-refractivity contribution is 5.94. The Morgan fingerprint density at radius 2 is 2.38 bits per heavy atom. The first-order valence-electron chi connectivity index (χ1n) is 5.21. The van der Waals surface area contributed by atoms with Crippen molar-refractivity contribution in [1.82, 2.24) is 19.8 Å². The van der Waals surface area contributed by atoms with Gasteiger partial charge in [0.15, 0.2) is 0 Å². The predicted molar refractivity (Wildman–Crippen MR) is 56.7 cm³/mol. The lowest BCUT2D eigenvalue weighted by atomic mass is 10.3. The van der Waals surface area contributed by atoms with Crippen molar-refractivity contribution in [3.63, 3.8) is 0 Å². The molecule has 0 aliphatic carbocycles. The van der Waals surface area contributed by atoms with Gasteiger partial charge in [-0.05, 0) is 6.42 Å². The Morgan fingerprint density at radius 3 is 3.06 bits per heavy atom. The van der Waals surface area contributed by atoms with Gasteiger partial charge in [-0.1, -0.05) is 0 Å². The van der Waals surface area contributed by atoms with Gasteiger partial charge >= 0.3 is 0 Å². The first-order chi connectivity index (χ1) is 7.66. The Morgan fingerprint density at radius 1 is 1.56 bits per heavy atom. The van der Waals surface area contributed by atoms with E-state index in [1.54, 1.807) is 24.1 Å². The number of nitrogens with one attached hydrogen (secondary N) is 1. The number of nitrogens with zero attached hydrogens (tertiary/aromatic N) is 3. The molecule has 0 bridgehead atoms. The Balaban J connectivity index is 2.11. The molecule has 2 amide bonds. The normalized spacial score (nSPS) is 16.8. The zero-order valence-electron chi connectivity index (χ0n) is 9.14. The smallest absolute Gasteiger partial charge is 0.274 e. The number of hydrogen-bond donors (Lipinski definition) is 1. The first-order valence-corrected chi connectivity index (χ1v) is 5.21. The van der Waals surface area contributed by atoms with Gasteiger partial charge in [-0.25, -0.2) is 4.98 Å². The van der Waals surface area contributed by atoms with Crippen molar-refractivity contribution in [2.45, 2.75) is 6.42 Å². The van der Waals surface area contributed by atoms with E-state index < -0.39 is 0 Å². The van der Waals surface area contributed by atoms with Gasteiger partial charge in [0, 0.05) is 26.3 Å². The molecule has 86 valence electrons. The molecule has 1 aromatic rings. The standard InChI is InChI=1S/C10H14N4O2/c1-13-5-8(12-7-13)10(16)14-4-2-3-11-9(15)6-14/h5,7H,2-4,6H2,1H3,(H,11,15). The number of carbonyl (C=O) groups is 2. The highest BCUT2D eigenvalue weighted by atomic mass is 16.2. The van der Waals surface area contributed by atoms with Gasteiger partial charge < -0.3 is 14.8 Å². The molecule has 6 heteroatoms. The lowest BCUT2D eigenvalue weighted by molar-refractivity contribution is -0.121. The second kappa shape index (κ2) is 4.34. The molecule has 0 atom stereocenters. The minimum Gasteiger partial charge on any atom is -0.354 e. The monoisotopic (exact) mass is 222 g/mol. The summed E-state index contributed by atoms with van der Waals surface area (Å²) in [5, 5.41) is 2.73. The molecule has 0 spiro atoms. The summed E-state index contributed by atoms with van der Waals surface area (Å²) in [5.74, 6) is -0.292. The minimum atomic E-state index is -0.183. The van der Waals surface area contributed by atoms with Gasteiger partial charge in [0.25, 0.3) is 5.91 Å². The topological polar surface area (TPSA) is 67.2 Å². The number of aromatic nitrogens is 2. The summed E-state index contributed by atoms with van der Waals surface area (Å²) in [6.07, 6.45) is 4.01. The third-order valence-electron chi connectivity index (χ3n) is 2.47. The van der Waals surface area contributed by atoms with Gasteiger partial charge in [0.05, 0.1) is 12.9 Å². The lowest BCUT2D eigenvalue weighted by Gasteiger charge is -2.17. The molecule has 1 fully saturated rings. The largest absolute Gasteiger partial charge is 0.354 e. The fourth-order valence-electron chi connectivity index (χ4n) is 1.66. The van der Waals surface area contributed by atoms with Crippen LogP contribution in [0.1, 0.15) is 16.9 Å². The molecule has 0 radical (unpaired) electrons. The second-order valence-corrected chi connectivity index (χ2v) is 3.85. The lowest BCUT2D eigenvalue weighted by Crippen LogP contribution is -2.37. The molecule has 1 aromatic heterocycles. The molecule has 1 aliphatic rings. The van der Waals surface area contributed by atoms with E-state index in [2.05, 4.69) is 10.3 Å². The van der Waals surface area contributed by atoms with E-state index in [1.807, 2.05) is 0 Å². The zero-order valence-corrected chi connectivity index (χ0v) is 9.14. The van der Waals surface area contributed by atoms with Crippen molar-refractivity contribution >= 4 is 11.8 Å². The van der Waals surface area contributed by atoms with E-state index in [4.69, 9.17) is 0 Å². The van der Waals surface area contributed by atoms with E-state index >= 15 is 0 Å². The second-order valence-electron chi connectivity index (χ2n) is 3.85. The van der Waals surface area contributed by atoms with Crippen molar-refractivity contribution in [3.8, 4) is 0 Å². The first kappa shape index (κ1) is 10.7. The molecule has 2 rings (SSSR count). The molecule has 16 heavy (non-hydrogen) atoms. The van der Waals surface area contributed by atoms with Crippen LogP contribution in [0.15, 0.2) is 12.5 Å². The highest BCUT2D eigenvalue weighted by Crippen LogP contribution is 2.04. The Hall–Kier alpha value is -1.85. The molecule has 0 saturated carbocycles. The molecule has 1 N–H and O–H groups in total. The van der Waals surface area contributed by atoms with E-state index in [0.29, 0.717) is 18.8 Å². The summed E-state index contributed by atoms with van der Waals surface area (Å²) in [6, 6.07) is 0. The van der Waals surface area contributed by atoms with E-state index in [1.165, 1.54) is 4.90 Å². The van der Waals surface area contributed by atoms with Crippen LogP contribution in [-0.2, 0) is 11.8 Å². The summed E-state index contributed by atoms with van der Waals surface area (Å²) < 4.78 is 1.71. The average Bonchev–Trinajstić information content (AvgIpc) is 2.56. The summed E-state index contributed by atoms with van der Waals surface area (Å²) in [4.78, 5) is 28.8. The fourth-order valence-corrected chi connectivity index (χ4v) is 1.66. The van der Waals surface area contributed by atoms with Gasteiger partial charge in [-0.2, -0.15) is 0 Å². The molecule has 1 saturated heterocycles. The van der Waals surface area contributed by atoms with Crippen LogP contribution in [-0.4, -0.2) is 45.9 Å². The highest BCUT2D eigenvalue weighted by Gasteiger charge is 2.22. The third kappa shape index (κ3) is 2.21. The van der Waals surface area contributed by atoms with Crippen molar-refractivity contribution in [2.75, 3.05) is 19.6 Å².